The molecule has 2 aromatic carbocycles. The number of carbonyl (C=O) groups is 1. The molecule has 10 heteroatoms. The Hall–Kier alpha value is -2.65. The topological polar surface area (TPSA) is 54.9 Å². The van der Waals surface area contributed by atoms with E-state index in [0.29, 0.717) is 22.3 Å². The Morgan fingerprint density at radius 3 is 2.41 bits per heavy atom. The van der Waals surface area contributed by atoms with E-state index in [-0.39, 0.29) is 22.3 Å². The predicted octanol–water partition coefficient (Wildman–Crippen LogP) is 5.69. The molecule has 0 spiro atoms. The minimum absolute atomic E-state index is 0.0232. The number of anilines is 1. The Bertz CT molecular complexity index is 1030. The lowest BCUT2D eigenvalue weighted by Crippen LogP contribution is -2.16. The van der Waals surface area contributed by atoms with Crippen molar-refractivity contribution < 1.29 is 22.4 Å². The Morgan fingerprint density at radius 1 is 1.07 bits per heavy atom. The van der Waals surface area contributed by atoms with Crippen molar-refractivity contribution >= 4 is 35.0 Å². The summed E-state index contributed by atoms with van der Waals surface area (Å²) in [7, 11) is 0. The summed E-state index contributed by atoms with van der Waals surface area (Å²) < 4.78 is 53.2. The molecule has 0 radical (unpaired) electrons. The zero-order chi connectivity index (χ0) is 21.0. The predicted molar refractivity (Wildman–Crippen MR) is 103 cm³/mol. The second-order valence-corrected chi connectivity index (χ2v) is 7.12. The van der Waals surface area contributed by atoms with Crippen molar-refractivity contribution in [2.45, 2.75) is 11.3 Å². The minimum atomic E-state index is -4.69. The quantitative estimate of drug-likeness (QED) is 0.314. The summed E-state index contributed by atoms with van der Waals surface area (Å²) in [6.07, 6.45) is -4.69. The number of amides is 1. The third kappa shape index (κ3) is 5.68. The molecule has 1 heterocycles. The van der Waals surface area contributed by atoms with Gasteiger partial charge in [0.1, 0.15) is 11.5 Å². The Balaban J connectivity index is 1.80. The number of carbonyl (C=O) groups excluding carboxylic acids is 1. The minimum Gasteiger partial charge on any atom is -0.323 e. The first-order valence-electron chi connectivity index (χ1n) is 8.12. The summed E-state index contributed by atoms with van der Waals surface area (Å²) in [6.45, 7) is 0. The molecule has 0 aliphatic carbocycles. The molecule has 3 aromatic rings. The van der Waals surface area contributed by atoms with Crippen LogP contribution in [-0.2, 0) is 11.0 Å². The zero-order valence-electron chi connectivity index (χ0n) is 14.5. The third-order valence-electron chi connectivity index (χ3n) is 3.62. The van der Waals surface area contributed by atoms with Crippen LogP contribution < -0.4 is 5.32 Å². The van der Waals surface area contributed by atoms with Gasteiger partial charge in [-0.3, -0.25) is 4.79 Å². The molecule has 1 amide bonds. The number of aromatic nitrogens is 2. The van der Waals surface area contributed by atoms with Gasteiger partial charge in [-0.05, 0) is 30.3 Å². The monoisotopic (exact) mass is 441 g/mol. The van der Waals surface area contributed by atoms with Crippen molar-refractivity contribution in [3.63, 3.8) is 0 Å². The number of nitrogens with zero attached hydrogens (tertiary/aromatic N) is 2. The van der Waals surface area contributed by atoms with Gasteiger partial charge in [0, 0.05) is 10.6 Å². The molecule has 0 bridgehead atoms. The standard InChI is InChI=1S/C19H12ClF4N3OS/c20-12-7-5-11(6-8-12)15-9-16(19(22,23)24)27-18(26-15)29-10-17(28)25-14-4-2-1-3-13(14)21/h1-9H,10H2,(H,25,28). The van der Waals surface area contributed by atoms with Crippen molar-refractivity contribution in [3.8, 4) is 11.3 Å². The lowest BCUT2D eigenvalue weighted by molar-refractivity contribution is -0.141. The van der Waals surface area contributed by atoms with E-state index in [2.05, 4.69) is 15.3 Å². The molecule has 3 rings (SSSR count). The summed E-state index contributed by atoms with van der Waals surface area (Å²) >= 11 is 6.52. The number of alkyl halides is 3. The number of hydrogen-bond acceptors (Lipinski definition) is 4. The Morgan fingerprint density at radius 2 is 1.76 bits per heavy atom. The summed E-state index contributed by atoms with van der Waals surface area (Å²) in [5.41, 5.74) is -0.694. The van der Waals surface area contributed by atoms with Crippen LogP contribution >= 0.6 is 23.4 Å². The van der Waals surface area contributed by atoms with Gasteiger partial charge in [-0.15, -0.1) is 0 Å². The molecule has 29 heavy (non-hydrogen) atoms. The highest BCUT2D eigenvalue weighted by molar-refractivity contribution is 7.99. The second-order valence-electron chi connectivity index (χ2n) is 5.74. The van der Waals surface area contributed by atoms with Gasteiger partial charge in [-0.25, -0.2) is 14.4 Å². The van der Waals surface area contributed by atoms with Crippen LogP contribution in [0.5, 0.6) is 0 Å². The maximum Gasteiger partial charge on any atom is 0.433 e. The largest absolute Gasteiger partial charge is 0.433 e. The number of nitrogens with one attached hydrogen (secondary N) is 1. The first-order chi connectivity index (χ1) is 13.7. The van der Waals surface area contributed by atoms with Crippen LogP contribution in [0.4, 0.5) is 23.2 Å². The van der Waals surface area contributed by atoms with Gasteiger partial charge in [-0.2, -0.15) is 13.2 Å². The SMILES string of the molecule is O=C(CSc1nc(-c2ccc(Cl)cc2)cc(C(F)(F)F)n1)Nc1ccccc1F. The van der Waals surface area contributed by atoms with E-state index in [4.69, 9.17) is 11.6 Å². The molecule has 0 atom stereocenters. The molecule has 0 unspecified atom stereocenters. The second kappa shape index (κ2) is 8.79. The van der Waals surface area contributed by atoms with E-state index in [1.165, 1.54) is 42.5 Å². The van der Waals surface area contributed by atoms with Crippen LogP contribution in [0.25, 0.3) is 11.3 Å². The van der Waals surface area contributed by atoms with Gasteiger partial charge >= 0.3 is 6.18 Å². The van der Waals surface area contributed by atoms with Crippen LogP contribution in [-0.4, -0.2) is 21.6 Å². The van der Waals surface area contributed by atoms with E-state index in [1.54, 1.807) is 6.07 Å². The molecule has 0 saturated carbocycles. The molecule has 1 aromatic heterocycles. The van der Waals surface area contributed by atoms with Crippen LogP contribution in [0.15, 0.2) is 59.8 Å². The van der Waals surface area contributed by atoms with Gasteiger partial charge in [0.15, 0.2) is 5.16 Å². The first kappa shape index (κ1) is 21.1. The van der Waals surface area contributed by atoms with Crippen molar-refractivity contribution in [2.24, 2.45) is 0 Å². The van der Waals surface area contributed by atoms with Gasteiger partial charge < -0.3 is 5.32 Å². The maximum atomic E-state index is 13.6. The van der Waals surface area contributed by atoms with Crippen LogP contribution in [0, 0.1) is 5.82 Å². The van der Waals surface area contributed by atoms with Crippen LogP contribution in [0.3, 0.4) is 0 Å². The van der Waals surface area contributed by atoms with Crippen LogP contribution in [0.1, 0.15) is 5.69 Å². The van der Waals surface area contributed by atoms with Crippen LogP contribution in [0.2, 0.25) is 5.02 Å². The van der Waals surface area contributed by atoms with E-state index >= 15 is 0 Å². The molecule has 1 N–H and O–H groups in total. The fraction of sp³-hybridized carbons (Fsp3) is 0.105. The fourth-order valence-electron chi connectivity index (χ4n) is 2.28. The van der Waals surface area contributed by atoms with Gasteiger partial charge in [0.25, 0.3) is 0 Å². The lowest BCUT2D eigenvalue weighted by Gasteiger charge is -2.11. The van der Waals surface area contributed by atoms with Crippen molar-refractivity contribution in [3.05, 3.63) is 71.1 Å². The lowest BCUT2D eigenvalue weighted by atomic mass is 10.1. The number of benzene rings is 2. The van der Waals surface area contributed by atoms with E-state index in [1.807, 2.05) is 0 Å². The molecule has 0 aliphatic rings. The highest BCUT2D eigenvalue weighted by Gasteiger charge is 2.34. The zero-order valence-corrected chi connectivity index (χ0v) is 16.1. The first-order valence-corrected chi connectivity index (χ1v) is 9.48. The molecule has 0 saturated heterocycles. The van der Waals surface area contributed by atoms with Crippen molar-refractivity contribution in [1.29, 1.82) is 0 Å². The summed E-state index contributed by atoms with van der Waals surface area (Å²) in [5, 5.41) is 2.55. The highest BCUT2D eigenvalue weighted by atomic mass is 35.5. The average molecular weight is 442 g/mol. The summed E-state index contributed by atoms with van der Waals surface area (Å²) in [5.74, 6) is -1.52. The van der Waals surface area contributed by atoms with E-state index in [9.17, 15) is 22.4 Å². The van der Waals surface area contributed by atoms with Gasteiger partial charge in [0.05, 0.1) is 17.1 Å². The van der Waals surface area contributed by atoms with E-state index < -0.39 is 23.6 Å². The van der Waals surface area contributed by atoms with Gasteiger partial charge in [0.2, 0.25) is 5.91 Å². The number of hydrogen-bond donors (Lipinski definition) is 1. The Kier molecular flexibility index (Phi) is 6.39. The summed E-state index contributed by atoms with van der Waals surface area (Å²) in [6, 6.07) is 12.5. The average Bonchev–Trinajstić information content (AvgIpc) is 2.68. The number of halogens is 5. The maximum absolute atomic E-state index is 13.6. The number of thioether (sulfide) groups is 1. The summed E-state index contributed by atoms with van der Waals surface area (Å²) in [4.78, 5) is 19.6. The molecule has 4 nitrogen and oxygen atoms in total. The molecular formula is C19H12ClF4N3OS. The van der Waals surface area contributed by atoms with E-state index in [0.717, 1.165) is 6.07 Å². The molecular weight excluding hydrogens is 430 g/mol. The number of rotatable bonds is 5. The smallest absolute Gasteiger partial charge is 0.323 e. The normalized spacial score (nSPS) is 11.3. The van der Waals surface area contributed by atoms with Crippen molar-refractivity contribution in [1.82, 2.24) is 9.97 Å². The molecule has 150 valence electrons. The van der Waals surface area contributed by atoms with Gasteiger partial charge in [-0.1, -0.05) is 47.6 Å². The number of para-hydroxylation sites is 1. The molecule has 0 fully saturated rings. The molecule has 0 aliphatic heterocycles. The Labute approximate surface area is 172 Å². The van der Waals surface area contributed by atoms with Crippen molar-refractivity contribution in [2.75, 3.05) is 11.1 Å². The fourth-order valence-corrected chi connectivity index (χ4v) is 3.07. The third-order valence-corrected chi connectivity index (χ3v) is 4.72. The highest BCUT2D eigenvalue weighted by Crippen LogP contribution is 2.32.